The number of aliphatic hydroxyl groups is 1. The molecule has 0 amide bonds. The van der Waals surface area contributed by atoms with Crippen molar-refractivity contribution in [3.8, 4) is 0 Å². The highest BCUT2D eigenvalue weighted by molar-refractivity contribution is 7.90. The molecule has 2 aliphatic rings. The van der Waals surface area contributed by atoms with E-state index in [0.717, 1.165) is 31.7 Å². The predicted octanol–water partition coefficient (Wildman–Crippen LogP) is 0.731. The number of β-amino-alcohol motifs (C(OH)–C–C–N with tert-alkyl or cyclic N) is 1. The van der Waals surface area contributed by atoms with Gasteiger partial charge in [-0.2, -0.15) is 0 Å². The van der Waals surface area contributed by atoms with Crippen LogP contribution in [0, 0.1) is 0 Å². The van der Waals surface area contributed by atoms with E-state index in [2.05, 4.69) is 9.80 Å². The van der Waals surface area contributed by atoms with Gasteiger partial charge in [-0.1, -0.05) is 12.1 Å². The van der Waals surface area contributed by atoms with Gasteiger partial charge in [-0.25, -0.2) is 8.42 Å². The molecule has 5 nitrogen and oxygen atoms in total. The zero-order valence-electron chi connectivity index (χ0n) is 13.0. The lowest BCUT2D eigenvalue weighted by atomic mass is 10.2. The molecule has 1 N–H and O–H groups in total. The number of hydrogen-bond donors (Lipinski definition) is 1. The largest absolute Gasteiger partial charge is 0.390 e. The highest BCUT2D eigenvalue weighted by Crippen LogP contribution is 2.22. The van der Waals surface area contributed by atoms with Crippen LogP contribution in [0.3, 0.4) is 0 Å². The predicted molar refractivity (Wildman–Crippen MR) is 85.4 cm³/mol. The van der Waals surface area contributed by atoms with E-state index in [1.165, 1.54) is 19.1 Å². The van der Waals surface area contributed by atoms with Crippen molar-refractivity contribution in [3.05, 3.63) is 29.8 Å². The number of benzene rings is 1. The summed E-state index contributed by atoms with van der Waals surface area (Å²) in [6, 6.07) is 7.31. The van der Waals surface area contributed by atoms with Crippen LogP contribution in [-0.4, -0.2) is 67.9 Å². The molecule has 0 bridgehead atoms. The third kappa shape index (κ3) is 3.51. The Kier molecular flexibility index (Phi) is 4.54. The fraction of sp³-hybridized carbons (Fsp3) is 0.625. The summed E-state index contributed by atoms with van der Waals surface area (Å²) in [5, 5.41) is 10.3. The molecule has 2 atom stereocenters. The van der Waals surface area contributed by atoms with Gasteiger partial charge in [0, 0.05) is 31.9 Å². The molecular formula is C16H24N2O3S. The third-order valence-electron chi connectivity index (χ3n) is 4.70. The first-order valence-electron chi connectivity index (χ1n) is 7.87. The molecule has 2 aliphatic heterocycles. The van der Waals surface area contributed by atoms with Gasteiger partial charge in [0.15, 0.2) is 9.84 Å². The first-order valence-corrected chi connectivity index (χ1v) is 9.76. The summed E-state index contributed by atoms with van der Waals surface area (Å²) in [5.74, 6) is 0. The summed E-state index contributed by atoms with van der Waals surface area (Å²) in [6.45, 7) is 4.52. The molecular weight excluding hydrogens is 300 g/mol. The summed E-state index contributed by atoms with van der Waals surface area (Å²) in [4.78, 5) is 5.01. The highest BCUT2D eigenvalue weighted by Gasteiger charge is 2.36. The van der Waals surface area contributed by atoms with Crippen LogP contribution in [-0.2, 0) is 16.4 Å². The van der Waals surface area contributed by atoms with E-state index in [1.54, 1.807) is 12.1 Å². The SMILES string of the molecule is CS(=O)(=O)c1ccc(CN2CC(O)C(N3CCCC3)C2)cc1. The minimum absolute atomic E-state index is 0.248. The van der Waals surface area contributed by atoms with E-state index in [1.807, 2.05) is 12.1 Å². The van der Waals surface area contributed by atoms with Gasteiger partial charge in [0.1, 0.15) is 0 Å². The Labute approximate surface area is 132 Å². The number of likely N-dealkylation sites (tertiary alicyclic amines) is 2. The Bertz CT molecular complexity index is 609. The molecule has 1 aromatic rings. The molecule has 0 aliphatic carbocycles. The van der Waals surface area contributed by atoms with Crippen LogP contribution < -0.4 is 0 Å². The van der Waals surface area contributed by atoms with Crippen molar-refractivity contribution in [3.63, 3.8) is 0 Å². The van der Waals surface area contributed by atoms with Crippen LogP contribution in [0.4, 0.5) is 0 Å². The summed E-state index contributed by atoms with van der Waals surface area (Å²) in [6.07, 6.45) is 3.40. The molecule has 0 radical (unpaired) electrons. The second kappa shape index (κ2) is 6.28. The van der Waals surface area contributed by atoms with Gasteiger partial charge < -0.3 is 5.11 Å². The second-order valence-corrected chi connectivity index (χ2v) is 8.50. The van der Waals surface area contributed by atoms with Crippen molar-refractivity contribution in [2.45, 2.75) is 36.4 Å². The topological polar surface area (TPSA) is 60.9 Å². The number of sulfone groups is 1. The highest BCUT2D eigenvalue weighted by atomic mass is 32.2. The zero-order valence-corrected chi connectivity index (χ0v) is 13.8. The zero-order chi connectivity index (χ0) is 15.7. The average molecular weight is 324 g/mol. The van der Waals surface area contributed by atoms with Gasteiger partial charge in [0.05, 0.1) is 11.0 Å². The van der Waals surface area contributed by atoms with Gasteiger partial charge in [0.25, 0.3) is 0 Å². The van der Waals surface area contributed by atoms with Crippen molar-refractivity contribution in [1.29, 1.82) is 0 Å². The van der Waals surface area contributed by atoms with Gasteiger partial charge in [-0.15, -0.1) is 0 Å². The van der Waals surface area contributed by atoms with E-state index in [4.69, 9.17) is 0 Å². The maximum atomic E-state index is 11.5. The first-order chi connectivity index (χ1) is 10.4. The summed E-state index contributed by atoms with van der Waals surface area (Å²) in [7, 11) is -3.14. The number of hydrogen-bond acceptors (Lipinski definition) is 5. The van der Waals surface area contributed by atoms with Crippen molar-refractivity contribution in [2.75, 3.05) is 32.4 Å². The lowest BCUT2D eigenvalue weighted by molar-refractivity contribution is 0.0978. The Morgan fingerprint density at radius 1 is 1.14 bits per heavy atom. The monoisotopic (exact) mass is 324 g/mol. The van der Waals surface area contributed by atoms with Crippen molar-refractivity contribution in [1.82, 2.24) is 9.80 Å². The lowest BCUT2D eigenvalue weighted by Gasteiger charge is -2.25. The van der Waals surface area contributed by atoms with Crippen LogP contribution in [0.25, 0.3) is 0 Å². The molecule has 2 unspecified atom stereocenters. The third-order valence-corrected chi connectivity index (χ3v) is 5.83. The molecule has 6 heteroatoms. The van der Waals surface area contributed by atoms with E-state index in [-0.39, 0.29) is 12.1 Å². The van der Waals surface area contributed by atoms with Gasteiger partial charge in [0.2, 0.25) is 0 Å². The van der Waals surface area contributed by atoms with Crippen LogP contribution in [0.1, 0.15) is 18.4 Å². The quantitative estimate of drug-likeness (QED) is 0.885. The molecule has 2 fully saturated rings. The molecule has 0 saturated carbocycles. The number of nitrogens with zero attached hydrogens (tertiary/aromatic N) is 2. The smallest absolute Gasteiger partial charge is 0.175 e. The maximum Gasteiger partial charge on any atom is 0.175 e. The number of aliphatic hydroxyl groups excluding tert-OH is 1. The molecule has 1 aromatic carbocycles. The van der Waals surface area contributed by atoms with Crippen molar-refractivity contribution >= 4 is 9.84 Å². The Morgan fingerprint density at radius 2 is 1.77 bits per heavy atom. The Hall–Kier alpha value is -0.950. The lowest BCUT2D eigenvalue weighted by Crippen LogP contribution is -2.41. The summed E-state index contributed by atoms with van der Waals surface area (Å²) >= 11 is 0. The molecule has 3 rings (SSSR count). The van der Waals surface area contributed by atoms with Crippen LogP contribution in [0.5, 0.6) is 0 Å². The van der Waals surface area contributed by atoms with Crippen molar-refractivity contribution < 1.29 is 13.5 Å². The second-order valence-electron chi connectivity index (χ2n) is 6.49. The Balaban J connectivity index is 1.62. The molecule has 122 valence electrons. The number of rotatable bonds is 4. The van der Waals surface area contributed by atoms with Crippen LogP contribution in [0.15, 0.2) is 29.2 Å². The molecule has 0 aromatic heterocycles. The minimum Gasteiger partial charge on any atom is -0.390 e. The van der Waals surface area contributed by atoms with E-state index >= 15 is 0 Å². The van der Waals surface area contributed by atoms with Gasteiger partial charge in [-0.3, -0.25) is 9.80 Å². The first kappa shape index (κ1) is 15.9. The van der Waals surface area contributed by atoms with E-state index < -0.39 is 9.84 Å². The van der Waals surface area contributed by atoms with Crippen LogP contribution >= 0.6 is 0 Å². The van der Waals surface area contributed by atoms with Crippen LogP contribution in [0.2, 0.25) is 0 Å². The molecule has 2 saturated heterocycles. The van der Waals surface area contributed by atoms with Gasteiger partial charge in [-0.05, 0) is 43.6 Å². The normalized spacial score (nSPS) is 27.5. The fourth-order valence-corrected chi connectivity index (χ4v) is 4.14. The van der Waals surface area contributed by atoms with Gasteiger partial charge >= 0.3 is 0 Å². The molecule has 2 heterocycles. The fourth-order valence-electron chi connectivity index (χ4n) is 3.51. The van der Waals surface area contributed by atoms with E-state index in [9.17, 15) is 13.5 Å². The standard InChI is InChI=1S/C16H24N2O3S/c1-22(20,21)14-6-4-13(5-7-14)10-17-11-15(16(19)12-17)18-8-2-3-9-18/h4-7,15-16,19H,2-3,8-12H2,1H3. The molecule has 0 spiro atoms. The van der Waals surface area contributed by atoms with Crippen molar-refractivity contribution in [2.24, 2.45) is 0 Å². The minimum atomic E-state index is -3.14. The van der Waals surface area contributed by atoms with E-state index in [0.29, 0.717) is 11.4 Å². The molecule has 22 heavy (non-hydrogen) atoms. The Morgan fingerprint density at radius 3 is 2.36 bits per heavy atom. The summed E-state index contributed by atoms with van der Waals surface area (Å²) in [5.41, 5.74) is 1.08. The maximum absolute atomic E-state index is 11.5. The average Bonchev–Trinajstić information content (AvgIpc) is 3.08. The summed E-state index contributed by atoms with van der Waals surface area (Å²) < 4.78 is 22.9.